The van der Waals surface area contributed by atoms with Gasteiger partial charge in [-0.05, 0) is 25.3 Å². The van der Waals surface area contributed by atoms with Crippen LogP contribution in [0.25, 0.3) is 10.9 Å². The number of allylic oxidation sites excluding steroid dienone is 1. The molecule has 112 valence electrons. The van der Waals surface area contributed by atoms with Crippen LogP contribution in [-0.4, -0.2) is 29.1 Å². The molecule has 1 aromatic heterocycles. The highest BCUT2D eigenvalue weighted by molar-refractivity contribution is 5.86. The molecule has 4 fully saturated rings. The largest absolute Gasteiger partial charge is 0.371 e. The van der Waals surface area contributed by atoms with Gasteiger partial charge in [0.05, 0.1) is 12.6 Å². The number of aromatic amines is 1. The number of para-hydroxylation sites is 1. The van der Waals surface area contributed by atoms with Gasteiger partial charge in [-0.3, -0.25) is 4.90 Å². The molecule has 4 bridgehead atoms. The first kappa shape index (κ1) is 11.9. The number of fused-ring (bicyclic) bond motifs is 5. The summed E-state index contributed by atoms with van der Waals surface area (Å²) in [5.41, 5.74) is 5.81. The molecule has 5 aliphatic rings. The van der Waals surface area contributed by atoms with Crippen molar-refractivity contribution in [2.24, 2.45) is 11.8 Å². The number of nitrogens with one attached hydrogen (secondary N) is 1. The molecule has 1 unspecified atom stereocenters. The molecule has 22 heavy (non-hydrogen) atoms. The Morgan fingerprint density at radius 2 is 2.23 bits per heavy atom. The Hall–Kier alpha value is -1.58. The third-order valence-corrected chi connectivity index (χ3v) is 6.60. The molecule has 0 saturated carbocycles. The minimum Gasteiger partial charge on any atom is -0.371 e. The van der Waals surface area contributed by atoms with Crippen LogP contribution >= 0.6 is 0 Å². The van der Waals surface area contributed by atoms with Crippen LogP contribution in [0.3, 0.4) is 0 Å². The van der Waals surface area contributed by atoms with E-state index in [1.165, 1.54) is 28.6 Å². The molecule has 0 aliphatic carbocycles. The highest BCUT2D eigenvalue weighted by atomic mass is 16.5. The van der Waals surface area contributed by atoms with E-state index in [0.29, 0.717) is 18.0 Å². The van der Waals surface area contributed by atoms with Crippen molar-refractivity contribution < 1.29 is 4.74 Å². The molecule has 0 amide bonds. The van der Waals surface area contributed by atoms with E-state index in [1.54, 1.807) is 5.57 Å². The number of H-pyrrole nitrogens is 1. The summed E-state index contributed by atoms with van der Waals surface area (Å²) in [5.74, 6) is 1.43. The first-order chi connectivity index (χ1) is 10.9. The van der Waals surface area contributed by atoms with Crippen LogP contribution in [0.2, 0.25) is 0 Å². The van der Waals surface area contributed by atoms with Crippen molar-refractivity contribution in [3.8, 4) is 0 Å². The lowest BCUT2D eigenvalue weighted by atomic mass is 9.64. The van der Waals surface area contributed by atoms with Gasteiger partial charge >= 0.3 is 0 Å². The maximum atomic E-state index is 6.36. The van der Waals surface area contributed by atoms with Crippen molar-refractivity contribution in [1.82, 2.24) is 9.88 Å². The minimum atomic E-state index is 0.272. The average Bonchev–Trinajstić information content (AvgIpc) is 3.17. The molecule has 6 heterocycles. The fourth-order valence-electron chi connectivity index (χ4n) is 5.74. The van der Waals surface area contributed by atoms with Crippen molar-refractivity contribution in [3.63, 3.8) is 0 Å². The number of aromatic nitrogens is 1. The van der Waals surface area contributed by atoms with E-state index in [1.807, 2.05) is 0 Å². The van der Waals surface area contributed by atoms with Crippen molar-refractivity contribution in [3.05, 3.63) is 47.2 Å². The van der Waals surface area contributed by atoms with Crippen molar-refractivity contribution >= 4 is 10.9 Å². The summed E-state index contributed by atoms with van der Waals surface area (Å²) in [6.07, 6.45) is 3.88. The summed E-state index contributed by atoms with van der Waals surface area (Å²) < 4.78 is 6.36. The third kappa shape index (κ3) is 1.19. The molecule has 3 nitrogen and oxygen atoms in total. The molecule has 1 aromatic carbocycles. The van der Waals surface area contributed by atoms with Gasteiger partial charge in [-0.15, -0.1) is 0 Å². The summed E-state index contributed by atoms with van der Waals surface area (Å²) in [6.45, 7) is 4.27. The minimum absolute atomic E-state index is 0.272. The summed E-state index contributed by atoms with van der Waals surface area (Å²) in [5, 5.41) is 1.38. The van der Waals surface area contributed by atoms with Crippen LogP contribution in [0.5, 0.6) is 0 Å². The summed E-state index contributed by atoms with van der Waals surface area (Å²) in [7, 11) is 0. The van der Waals surface area contributed by atoms with Gasteiger partial charge in [0.25, 0.3) is 0 Å². The predicted octanol–water partition coefficient (Wildman–Crippen LogP) is 3.56. The number of ether oxygens (including phenoxy) is 1. The predicted molar refractivity (Wildman–Crippen MR) is 85.6 cm³/mol. The maximum Gasteiger partial charge on any atom is 0.101 e. The summed E-state index contributed by atoms with van der Waals surface area (Å²) >= 11 is 0. The van der Waals surface area contributed by atoms with Crippen LogP contribution in [0, 0.1) is 11.8 Å². The Morgan fingerprint density at radius 3 is 3.14 bits per heavy atom. The number of hydrogen-bond donors (Lipinski definition) is 1. The zero-order valence-electron chi connectivity index (χ0n) is 12.8. The van der Waals surface area contributed by atoms with Crippen LogP contribution < -0.4 is 0 Å². The fourth-order valence-corrected chi connectivity index (χ4v) is 5.74. The molecule has 1 N–H and O–H groups in total. The second-order valence-corrected chi connectivity index (χ2v) is 7.30. The summed E-state index contributed by atoms with van der Waals surface area (Å²) in [4.78, 5) is 6.46. The Bertz CT molecular complexity index is 820. The van der Waals surface area contributed by atoms with Gasteiger partial charge in [0, 0.05) is 40.7 Å². The molecule has 5 aliphatic heterocycles. The lowest BCUT2D eigenvalue weighted by Crippen LogP contribution is -2.59. The Balaban J connectivity index is 1.63. The molecule has 7 rings (SSSR count). The van der Waals surface area contributed by atoms with E-state index in [0.717, 1.165) is 19.1 Å². The lowest BCUT2D eigenvalue weighted by molar-refractivity contribution is -0.0332. The Kier molecular flexibility index (Phi) is 2.08. The first-order valence-electron chi connectivity index (χ1n) is 8.49. The van der Waals surface area contributed by atoms with E-state index < -0.39 is 0 Å². The highest BCUT2D eigenvalue weighted by Crippen LogP contribution is 2.60. The third-order valence-electron chi connectivity index (χ3n) is 6.60. The monoisotopic (exact) mass is 292 g/mol. The Morgan fingerprint density at radius 1 is 1.32 bits per heavy atom. The smallest absolute Gasteiger partial charge is 0.101 e. The lowest BCUT2D eigenvalue weighted by Gasteiger charge is -2.56. The molecule has 4 saturated heterocycles. The number of hydrogen-bond acceptors (Lipinski definition) is 2. The quantitative estimate of drug-likeness (QED) is 0.752. The van der Waals surface area contributed by atoms with Crippen LogP contribution in [-0.2, 0) is 4.74 Å². The Labute approximate surface area is 129 Å². The van der Waals surface area contributed by atoms with E-state index in [-0.39, 0.29) is 6.10 Å². The topological polar surface area (TPSA) is 28.3 Å². The second-order valence-electron chi connectivity index (χ2n) is 7.30. The SMILES string of the molecule is C/C=C1/CN2[C@@H]3[C@H]4CO[C@@H]3c3c([nH]c5ccccc35)[C@@H]2C[C@@H]14. The van der Waals surface area contributed by atoms with Gasteiger partial charge in [-0.2, -0.15) is 0 Å². The average molecular weight is 292 g/mol. The molecule has 0 radical (unpaired) electrons. The standard InChI is InChI=1S/C19H20N2O/c1-2-10-8-21-15-7-12(10)13-9-22-19(18(13)21)16-11-5-3-4-6-14(11)20-17(15)16/h2-6,12-13,15,18-20H,7-9H2,1H3/b10-2-/t12-,13-,15-,18+,19+/m0/s1. The highest BCUT2D eigenvalue weighted by Gasteiger charge is 2.59. The molecule has 2 aromatic rings. The van der Waals surface area contributed by atoms with E-state index in [4.69, 9.17) is 4.74 Å². The zero-order valence-corrected chi connectivity index (χ0v) is 12.8. The van der Waals surface area contributed by atoms with Gasteiger partial charge in [-0.1, -0.05) is 29.8 Å². The maximum absolute atomic E-state index is 6.36. The van der Waals surface area contributed by atoms with Gasteiger partial charge in [0.15, 0.2) is 0 Å². The number of benzene rings is 1. The summed E-state index contributed by atoms with van der Waals surface area (Å²) in [6, 6.07) is 9.90. The first-order valence-corrected chi connectivity index (χ1v) is 8.49. The van der Waals surface area contributed by atoms with Crippen molar-refractivity contribution in [2.75, 3.05) is 13.2 Å². The normalized spacial score (nSPS) is 43.0. The molecule has 3 heteroatoms. The van der Waals surface area contributed by atoms with Gasteiger partial charge in [0.1, 0.15) is 6.10 Å². The molecular weight excluding hydrogens is 272 g/mol. The van der Waals surface area contributed by atoms with E-state index in [9.17, 15) is 0 Å². The van der Waals surface area contributed by atoms with Crippen molar-refractivity contribution in [1.29, 1.82) is 0 Å². The van der Waals surface area contributed by atoms with E-state index >= 15 is 0 Å². The number of rotatable bonds is 0. The second kappa shape index (κ2) is 3.84. The van der Waals surface area contributed by atoms with Crippen LogP contribution in [0.1, 0.15) is 36.7 Å². The fraction of sp³-hybridized carbons (Fsp3) is 0.474. The van der Waals surface area contributed by atoms with Gasteiger partial charge < -0.3 is 9.72 Å². The van der Waals surface area contributed by atoms with Crippen LogP contribution in [0.4, 0.5) is 0 Å². The molecule has 0 spiro atoms. The number of nitrogens with zero attached hydrogens (tertiary/aromatic N) is 1. The van der Waals surface area contributed by atoms with Crippen LogP contribution in [0.15, 0.2) is 35.9 Å². The van der Waals surface area contributed by atoms with Crippen molar-refractivity contribution in [2.45, 2.75) is 31.5 Å². The molecular formula is C19H20N2O. The zero-order chi connectivity index (χ0) is 14.4. The number of piperidine rings is 3. The van der Waals surface area contributed by atoms with E-state index in [2.05, 4.69) is 47.1 Å². The van der Waals surface area contributed by atoms with Gasteiger partial charge in [0.2, 0.25) is 0 Å². The molecule has 6 atom stereocenters. The van der Waals surface area contributed by atoms with Gasteiger partial charge in [-0.25, -0.2) is 0 Å².